The fraction of sp³-hybridized carbons (Fsp3) is 0.600. The van der Waals surface area contributed by atoms with E-state index < -0.39 is 0 Å². The summed E-state index contributed by atoms with van der Waals surface area (Å²) < 4.78 is 4.10. The molecule has 0 fully saturated rings. The zero-order valence-corrected chi connectivity index (χ0v) is 13.0. The van der Waals surface area contributed by atoms with Gasteiger partial charge in [-0.3, -0.25) is 9.36 Å². The van der Waals surface area contributed by atoms with E-state index in [1.54, 1.807) is 0 Å². The molecular weight excluding hydrogens is 250 g/mol. The first-order valence-electron chi connectivity index (χ1n) is 7.46. The SMILES string of the molecule is CCc1nn(Cc2cnn(CC)c2)c(CC)c1CNC. The van der Waals surface area contributed by atoms with Crippen LogP contribution < -0.4 is 5.32 Å². The van der Waals surface area contributed by atoms with Gasteiger partial charge in [0.05, 0.1) is 18.4 Å². The summed E-state index contributed by atoms with van der Waals surface area (Å²) >= 11 is 0. The van der Waals surface area contributed by atoms with Crippen LogP contribution in [0.2, 0.25) is 0 Å². The van der Waals surface area contributed by atoms with Gasteiger partial charge < -0.3 is 5.32 Å². The molecular formula is C15H25N5. The number of nitrogens with zero attached hydrogens (tertiary/aromatic N) is 4. The fourth-order valence-electron chi connectivity index (χ4n) is 2.61. The molecule has 0 bridgehead atoms. The summed E-state index contributed by atoms with van der Waals surface area (Å²) in [6.07, 6.45) is 6.02. The third-order valence-electron chi connectivity index (χ3n) is 3.62. The first kappa shape index (κ1) is 14.8. The van der Waals surface area contributed by atoms with E-state index in [9.17, 15) is 0 Å². The summed E-state index contributed by atoms with van der Waals surface area (Å²) in [5.41, 5.74) is 5.11. The van der Waals surface area contributed by atoms with Gasteiger partial charge in [-0.15, -0.1) is 0 Å². The number of nitrogens with one attached hydrogen (secondary N) is 1. The lowest BCUT2D eigenvalue weighted by Gasteiger charge is -2.06. The molecule has 2 aromatic rings. The minimum Gasteiger partial charge on any atom is -0.316 e. The van der Waals surface area contributed by atoms with Gasteiger partial charge in [0.25, 0.3) is 0 Å². The lowest BCUT2D eigenvalue weighted by molar-refractivity contribution is 0.633. The van der Waals surface area contributed by atoms with E-state index in [2.05, 4.69) is 42.1 Å². The highest BCUT2D eigenvalue weighted by molar-refractivity contribution is 5.27. The van der Waals surface area contributed by atoms with Crippen molar-refractivity contribution < 1.29 is 0 Å². The van der Waals surface area contributed by atoms with Crippen LogP contribution in [0.5, 0.6) is 0 Å². The number of hydrogen-bond acceptors (Lipinski definition) is 3. The molecule has 2 rings (SSSR count). The van der Waals surface area contributed by atoms with Crippen molar-refractivity contribution in [2.24, 2.45) is 0 Å². The molecule has 0 aliphatic heterocycles. The van der Waals surface area contributed by atoms with E-state index in [-0.39, 0.29) is 0 Å². The van der Waals surface area contributed by atoms with E-state index in [0.29, 0.717) is 0 Å². The number of aromatic nitrogens is 4. The van der Waals surface area contributed by atoms with Gasteiger partial charge in [-0.25, -0.2) is 0 Å². The predicted octanol–water partition coefficient (Wildman–Crippen LogP) is 1.99. The van der Waals surface area contributed by atoms with Crippen molar-refractivity contribution in [3.63, 3.8) is 0 Å². The van der Waals surface area contributed by atoms with Gasteiger partial charge in [-0.1, -0.05) is 13.8 Å². The average Bonchev–Trinajstić information content (AvgIpc) is 3.04. The van der Waals surface area contributed by atoms with Crippen LogP contribution >= 0.6 is 0 Å². The highest BCUT2D eigenvalue weighted by Gasteiger charge is 2.15. The Kier molecular flexibility index (Phi) is 4.95. The van der Waals surface area contributed by atoms with Crippen LogP contribution in [0.15, 0.2) is 12.4 Å². The summed E-state index contributed by atoms with van der Waals surface area (Å²) in [4.78, 5) is 0. The van der Waals surface area contributed by atoms with E-state index in [1.165, 1.54) is 22.5 Å². The second kappa shape index (κ2) is 6.70. The van der Waals surface area contributed by atoms with Crippen LogP contribution in [0, 0.1) is 0 Å². The molecule has 5 heteroatoms. The molecule has 20 heavy (non-hydrogen) atoms. The first-order valence-corrected chi connectivity index (χ1v) is 7.46. The summed E-state index contributed by atoms with van der Waals surface area (Å²) in [6.45, 7) is 9.07. The maximum absolute atomic E-state index is 4.79. The van der Waals surface area contributed by atoms with Crippen molar-refractivity contribution in [3.8, 4) is 0 Å². The Morgan fingerprint density at radius 3 is 2.55 bits per heavy atom. The maximum Gasteiger partial charge on any atom is 0.0693 e. The fourth-order valence-corrected chi connectivity index (χ4v) is 2.61. The third-order valence-corrected chi connectivity index (χ3v) is 3.62. The second-order valence-electron chi connectivity index (χ2n) is 4.97. The van der Waals surface area contributed by atoms with E-state index in [4.69, 9.17) is 5.10 Å². The van der Waals surface area contributed by atoms with Crippen LogP contribution in [0.1, 0.15) is 43.3 Å². The molecule has 1 N–H and O–H groups in total. The molecule has 0 saturated heterocycles. The van der Waals surface area contributed by atoms with Crippen molar-refractivity contribution in [3.05, 3.63) is 34.9 Å². The van der Waals surface area contributed by atoms with Gasteiger partial charge in [0.1, 0.15) is 0 Å². The van der Waals surface area contributed by atoms with Gasteiger partial charge in [-0.2, -0.15) is 10.2 Å². The van der Waals surface area contributed by atoms with Crippen LogP contribution in [-0.4, -0.2) is 26.6 Å². The van der Waals surface area contributed by atoms with Crippen molar-refractivity contribution >= 4 is 0 Å². The van der Waals surface area contributed by atoms with E-state index in [1.807, 2.05) is 17.9 Å². The zero-order chi connectivity index (χ0) is 14.5. The minimum absolute atomic E-state index is 0.805. The van der Waals surface area contributed by atoms with Crippen molar-refractivity contribution in [2.75, 3.05) is 7.05 Å². The Morgan fingerprint density at radius 2 is 2.00 bits per heavy atom. The predicted molar refractivity (Wildman–Crippen MR) is 80.7 cm³/mol. The Balaban J connectivity index is 2.30. The lowest BCUT2D eigenvalue weighted by atomic mass is 10.1. The molecule has 0 aliphatic carbocycles. The highest BCUT2D eigenvalue weighted by atomic mass is 15.3. The normalized spacial score (nSPS) is 11.2. The van der Waals surface area contributed by atoms with Crippen LogP contribution in [0.3, 0.4) is 0 Å². The van der Waals surface area contributed by atoms with Crippen molar-refractivity contribution in [1.82, 2.24) is 24.9 Å². The molecule has 0 spiro atoms. The van der Waals surface area contributed by atoms with Gasteiger partial charge in [0, 0.05) is 36.1 Å². The number of hydrogen-bond donors (Lipinski definition) is 1. The Labute approximate surface area is 121 Å². The largest absolute Gasteiger partial charge is 0.316 e. The zero-order valence-electron chi connectivity index (χ0n) is 13.0. The number of rotatable bonds is 7. The molecule has 0 atom stereocenters. The third kappa shape index (κ3) is 2.93. The smallest absolute Gasteiger partial charge is 0.0693 e. The summed E-state index contributed by atoms with van der Waals surface area (Å²) in [5, 5.41) is 12.4. The van der Waals surface area contributed by atoms with Crippen LogP contribution in [-0.2, 0) is 32.5 Å². The number of aryl methyl sites for hydroxylation is 2. The van der Waals surface area contributed by atoms with Gasteiger partial charge in [-0.05, 0) is 26.8 Å². The lowest BCUT2D eigenvalue weighted by Crippen LogP contribution is -2.10. The Morgan fingerprint density at radius 1 is 1.20 bits per heavy atom. The molecule has 0 aromatic carbocycles. The van der Waals surface area contributed by atoms with Crippen LogP contribution in [0.25, 0.3) is 0 Å². The molecule has 0 unspecified atom stereocenters. The standard InChI is InChI=1S/C15H25N5/c1-5-14-13(9-16-4)15(6-2)20(18-14)11-12-8-17-19(7-3)10-12/h8,10,16H,5-7,9,11H2,1-4H3. The molecule has 0 aliphatic rings. The van der Waals surface area contributed by atoms with Crippen molar-refractivity contribution in [2.45, 2.75) is 53.2 Å². The molecule has 0 radical (unpaired) electrons. The minimum atomic E-state index is 0.805. The summed E-state index contributed by atoms with van der Waals surface area (Å²) in [6, 6.07) is 0. The molecule has 0 amide bonds. The molecule has 5 nitrogen and oxygen atoms in total. The van der Waals surface area contributed by atoms with Crippen LogP contribution in [0.4, 0.5) is 0 Å². The van der Waals surface area contributed by atoms with Gasteiger partial charge in [0.15, 0.2) is 0 Å². The molecule has 0 saturated carbocycles. The Bertz CT molecular complexity index is 553. The van der Waals surface area contributed by atoms with Crippen molar-refractivity contribution in [1.29, 1.82) is 0 Å². The second-order valence-corrected chi connectivity index (χ2v) is 4.97. The molecule has 2 aromatic heterocycles. The topological polar surface area (TPSA) is 47.7 Å². The molecule has 110 valence electrons. The summed E-state index contributed by atoms with van der Waals surface area (Å²) in [7, 11) is 1.99. The van der Waals surface area contributed by atoms with Gasteiger partial charge in [0.2, 0.25) is 0 Å². The maximum atomic E-state index is 4.79. The quantitative estimate of drug-likeness (QED) is 0.840. The van der Waals surface area contributed by atoms with E-state index >= 15 is 0 Å². The highest BCUT2D eigenvalue weighted by Crippen LogP contribution is 2.17. The van der Waals surface area contributed by atoms with E-state index in [0.717, 1.165) is 32.5 Å². The summed E-state index contributed by atoms with van der Waals surface area (Å²) in [5.74, 6) is 0. The monoisotopic (exact) mass is 275 g/mol. The average molecular weight is 275 g/mol. The first-order chi connectivity index (χ1) is 9.73. The Hall–Kier alpha value is -1.62. The molecule has 2 heterocycles. The van der Waals surface area contributed by atoms with Gasteiger partial charge >= 0.3 is 0 Å².